The molecule has 0 aromatic heterocycles. The molecule has 0 atom stereocenters. The van der Waals surface area contributed by atoms with Crippen molar-refractivity contribution in [3.05, 3.63) is 29.3 Å². The largest absolute Gasteiger partial charge is 0.478 e. The molecule has 0 heterocycles. The van der Waals surface area contributed by atoms with E-state index in [1.807, 2.05) is 0 Å². The van der Waals surface area contributed by atoms with Crippen molar-refractivity contribution in [3.8, 4) is 0 Å². The highest BCUT2D eigenvalue weighted by Crippen LogP contribution is 2.16. The first kappa shape index (κ1) is 18.1. The summed E-state index contributed by atoms with van der Waals surface area (Å²) in [5, 5.41) is 11.7. The minimum atomic E-state index is -1.06. The topological polar surface area (TPSA) is 94.1 Å². The molecule has 0 saturated heterocycles. The third-order valence-electron chi connectivity index (χ3n) is 2.74. The maximum Gasteiger partial charge on any atom is 0.335 e. The second-order valence-corrected chi connectivity index (χ2v) is 4.56. The molecule has 0 aliphatic carbocycles. The van der Waals surface area contributed by atoms with E-state index in [2.05, 4.69) is 5.32 Å². The first-order chi connectivity index (χ1) is 10.6. The van der Waals surface area contributed by atoms with Crippen LogP contribution in [-0.4, -0.2) is 51.0 Å². The zero-order chi connectivity index (χ0) is 16.4. The maximum absolute atomic E-state index is 11.8. The van der Waals surface area contributed by atoms with E-state index in [4.69, 9.17) is 19.3 Å². The lowest BCUT2D eigenvalue weighted by Gasteiger charge is -2.09. The van der Waals surface area contributed by atoms with Gasteiger partial charge in [0.25, 0.3) is 0 Å². The molecule has 0 radical (unpaired) electrons. The molecule has 122 valence electrons. The fourth-order valence-corrected chi connectivity index (χ4v) is 1.77. The van der Waals surface area contributed by atoms with E-state index in [9.17, 15) is 9.59 Å². The van der Waals surface area contributed by atoms with Crippen molar-refractivity contribution in [1.29, 1.82) is 0 Å². The van der Waals surface area contributed by atoms with Gasteiger partial charge in [0.1, 0.15) is 0 Å². The highest BCUT2D eigenvalue weighted by atomic mass is 16.5. The Morgan fingerprint density at radius 2 is 1.86 bits per heavy atom. The number of hydrogen-bond acceptors (Lipinski definition) is 5. The van der Waals surface area contributed by atoms with Crippen molar-refractivity contribution in [2.45, 2.75) is 13.0 Å². The van der Waals surface area contributed by atoms with Gasteiger partial charge in [-0.05, 0) is 23.8 Å². The summed E-state index contributed by atoms with van der Waals surface area (Å²) in [6.45, 7) is 1.45. The summed E-state index contributed by atoms with van der Waals surface area (Å²) in [6, 6.07) is 4.60. The molecule has 0 aliphatic heterocycles. The van der Waals surface area contributed by atoms with Gasteiger partial charge in [-0.3, -0.25) is 4.79 Å². The van der Waals surface area contributed by atoms with Crippen LogP contribution in [0.2, 0.25) is 0 Å². The van der Waals surface area contributed by atoms with Crippen LogP contribution < -0.4 is 5.32 Å². The van der Waals surface area contributed by atoms with Crippen LogP contribution in [0.25, 0.3) is 0 Å². The number of benzene rings is 1. The average Bonchev–Trinajstić information content (AvgIpc) is 2.47. The highest BCUT2D eigenvalue weighted by Gasteiger charge is 2.09. The highest BCUT2D eigenvalue weighted by molar-refractivity contribution is 5.94. The first-order valence-electron chi connectivity index (χ1n) is 6.79. The quantitative estimate of drug-likeness (QED) is 0.636. The molecule has 7 nitrogen and oxygen atoms in total. The lowest BCUT2D eigenvalue weighted by Crippen LogP contribution is -2.15. The summed E-state index contributed by atoms with van der Waals surface area (Å²) in [5.74, 6) is -1.31. The molecule has 0 fully saturated rings. The average molecular weight is 311 g/mol. The smallest absolute Gasteiger partial charge is 0.335 e. The number of anilines is 1. The SMILES string of the molecule is COCCOCCC(=O)Nc1cc(COC)cc(C(=O)O)c1. The Morgan fingerprint density at radius 3 is 2.50 bits per heavy atom. The molecule has 7 heteroatoms. The monoisotopic (exact) mass is 311 g/mol. The summed E-state index contributed by atoms with van der Waals surface area (Å²) in [7, 11) is 3.09. The van der Waals surface area contributed by atoms with Gasteiger partial charge in [-0.2, -0.15) is 0 Å². The van der Waals surface area contributed by atoms with E-state index in [-0.39, 0.29) is 31.1 Å². The Bertz CT molecular complexity index is 503. The van der Waals surface area contributed by atoms with Crippen LogP contribution in [0.3, 0.4) is 0 Å². The van der Waals surface area contributed by atoms with Crippen LogP contribution in [0.15, 0.2) is 18.2 Å². The second-order valence-electron chi connectivity index (χ2n) is 4.56. The Hall–Kier alpha value is -1.96. The molecule has 22 heavy (non-hydrogen) atoms. The third-order valence-corrected chi connectivity index (χ3v) is 2.74. The lowest BCUT2D eigenvalue weighted by molar-refractivity contribution is -0.117. The van der Waals surface area contributed by atoms with Gasteiger partial charge in [0, 0.05) is 19.9 Å². The van der Waals surface area contributed by atoms with Crippen LogP contribution in [0.1, 0.15) is 22.3 Å². The van der Waals surface area contributed by atoms with Crippen molar-refractivity contribution in [1.82, 2.24) is 0 Å². The molecule has 0 spiro atoms. The van der Waals surface area contributed by atoms with Gasteiger partial charge in [0.2, 0.25) is 5.91 Å². The van der Waals surface area contributed by atoms with Gasteiger partial charge < -0.3 is 24.6 Å². The standard InChI is InChI=1S/C15H21NO6/c1-20-5-6-22-4-3-14(17)16-13-8-11(10-21-2)7-12(9-13)15(18)19/h7-9H,3-6,10H2,1-2H3,(H,16,17)(H,18,19). The molecule has 0 unspecified atom stereocenters. The van der Waals surface area contributed by atoms with Crippen LogP contribution in [0, 0.1) is 0 Å². The van der Waals surface area contributed by atoms with Gasteiger partial charge in [-0.15, -0.1) is 0 Å². The molecular weight excluding hydrogens is 290 g/mol. The third kappa shape index (κ3) is 6.66. The summed E-state index contributed by atoms with van der Waals surface area (Å²) in [4.78, 5) is 22.9. The molecular formula is C15H21NO6. The zero-order valence-electron chi connectivity index (χ0n) is 12.8. The number of nitrogens with one attached hydrogen (secondary N) is 1. The maximum atomic E-state index is 11.8. The van der Waals surface area contributed by atoms with E-state index < -0.39 is 5.97 Å². The fourth-order valence-electron chi connectivity index (χ4n) is 1.77. The first-order valence-corrected chi connectivity index (χ1v) is 6.79. The number of rotatable bonds is 10. The van der Waals surface area contributed by atoms with Gasteiger partial charge in [0.05, 0.1) is 38.4 Å². The van der Waals surface area contributed by atoms with Gasteiger partial charge in [-0.25, -0.2) is 4.79 Å². The number of methoxy groups -OCH3 is 2. The number of ether oxygens (including phenoxy) is 3. The second kappa shape index (κ2) is 9.88. The van der Waals surface area contributed by atoms with Crippen LogP contribution in [0.5, 0.6) is 0 Å². The van der Waals surface area contributed by atoms with Gasteiger partial charge >= 0.3 is 5.97 Å². The van der Waals surface area contributed by atoms with E-state index >= 15 is 0 Å². The predicted octanol–water partition coefficient (Wildman–Crippen LogP) is 1.52. The Balaban J connectivity index is 2.59. The molecule has 1 amide bonds. The van der Waals surface area contributed by atoms with Crippen molar-refractivity contribution in [3.63, 3.8) is 0 Å². The van der Waals surface area contributed by atoms with Crippen molar-refractivity contribution in [2.24, 2.45) is 0 Å². The number of amides is 1. The van der Waals surface area contributed by atoms with E-state index in [1.165, 1.54) is 19.2 Å². The lowest BCUT2D eigenvalue weighted by atomic mass is 10.1. The van der Waals surface area contributed by atoms with E-state index in [1.54, 1.807) is 13.2 Å². The summed E-state index contributed by atoms with van der Waals surface area (Å²) in [5.41, 5.74) is 1.20. The Morgan fingerprint density at radius 1 is 1.09 bits per heavy atom. The normalized spacial score (nSPS) is 10.5. The molecule has 1 aromatic rings. The number of carboxylic acid groups (broad SMARTS) is 1. The number of carbonyl (C=O) groups excluding carboxylic acids is 1. The van der Waals surface area contributed by atoms with Crippen LogP contribution >= 0.6 is 0 Å². The van der Waals surface area contributed by atoms with Gasteiger partial charge in [-0.1, -0.05) is 0 Å². The number of carboxylic acids is 1. The minimum Gasteiger partial charge on any atom is -0.478 e. The Kier molecular flexibility index (Phi) is 8.13. The summed E-state index contributed by atoms with van der Waals surface area (Å²) >= 11 is 0. The fraction of sp³-hybridized carbons (Fsp3) is 0.467. The molecule has 1 aromatic carbocycles. The summed E-state index contributed by atoms with van der Waals surface area (Å²) < 4.78 is 15.0. The number of carbonyl (C=O) groups is 2. The number of aromatic carboxylic acids is 1. The van der Waals surface area contributed by atoms with Crippen molar-refractivity contribution >= 4 is 17.6 Å². The molecule has 0 saturated carbocycles. The Labute approximate surface area is 129 Å². The van der Waals surface area contributed by atoms with Crippen molar-refractivity contribution in [2.75, 3.05) is 39.4 Å². The number of hydrogen-bond donors (Lipinski definition) is 2. The van der Waals surface area contributed by atoms with Crippen molar-refractivity contribution < 1.29 is 28.9 Å². The molecule has 1 rings (SSSR count). The molecule has 2 N–H and O–H groups in total. The van der Waals surface area contributed by atoms with Crippen LogP contribution in [0.4, 0.5) is 5.69 Å². The molecule has 0 bridgehead atoms. The van der Waals surface area contributed by atoms with Crippen LogP contribution in [-0.2, 0) is 25.6 Å². The minimum absolute atomic E-state index is 0.0983. The van der Waals surface area contributed by atoms with E-state index in [0.717, 1.165) is 0 Å². The van der Waals surface area contributed by atoms with E-state index in [0.29, 0.717) is 24.5 Å². The predicted molar refractivity (Wildman–Crippen MR) is 80.1 cm³/mol. The summed E-state index contributed by atoms with van der Waals surface area (Å²) in [6.07, 6.45) is 0.181. The molecule has 0 aliphatic rings. The van der Waals surface area contributed by atoms with Gasteiger partial charge in [0.15, 0.2) is 0 Å². The zero-order valence-corrected chi connectivity index (χ0v) is 12.8.